The topological polar surface area (TPSA) is 20.3 Å². The lowest BCUT2D eigenvalue weighted by atomic mass is 10.0. The second-order valence-electron chi connectivity index (χ2n) is 5.03. The summed E-state index contributed by atoms with van der Waals surface area (Å²) < 4.78 is 0. The summed E-state index contributed by atoms with van der Waals surface area (Å²) in [4.78, 5) is 17.3. The molecule has 1 aromatic carbocycles. The predicted molar refractivity (Wildman–Crippen MR) is 85.7 cm³/mol. The first-order valence-corrected chi connectivity index (χ1v) is 8.78. The number of rotatable bonds is 2. The lowest BCUT2D eigenvalue weighted by Gasteiger charge is -2.27. The Labute approximate surface area is 127 Å². The summed E-state index contributed by atoms with van der Waals surface area (Å²) in [6, 6.07) is 8.28. The van der Waals surface area contributed by atoms with E-state index in [-0.39, 0.29) is 5.91 Å². The van der Waals surface area contributed by atoms with Crippen molar-refractivity contribution in [3.8, 4) is 0 Å². The first kappa shape index (κ1) is 13.7. The van der Waals surface area contributed by atoms with E-state index in [1.807, 2.05) is 30.2 Å². The van der Waals surface area contributed by atoms with Gasteiger partial charge in [-0.25, -0.2) is 0 Å². The molecule has 0 atom stereocenters. The van der Waals surface area contributed by atoms with Crippen LogP contribution in [0.3, 0.4) is 0 Å². The number of amides is 1. The van der Waals surface area contributed by atoms with Crippen LogP contribution in [0.5, 0.6) is 0 Å². The van der Waals surface area contributed by atoms with E-state index >= 15 is 0 Å². The zero-order valence-electron chi connectivity index (χ0n) is 11.7. The summed E-state index contributed by atoms with van der Waals surface area (Å²) in [5.41, 5.74) is 3.22. The average Bonchev–Trinajstić information content (AvgIpc) is 2.94. The molecule has 0 radical (unpaired) electrons. The summed E-state index contributed by atoms with van der Waals surface area (Å²) in [6.07, 6.45) is 3.03. The third-order valence-electron chi connectivity index (χ3n) is 3.77. The Bertz CT molecular complexity index is 648. The Morgan fingerprint density at radius 2 is 2.20 bits per heavy atom. The summed E-state index contributed by atoms with van der Waals surface area (Å²) in [6.45, 7) is 3.59. The lowest BCUT2D eigenvalue weighted by Crippen LogP contribution is -2.35. The third kappa shape index (κ3) is 2.50. The monoisotopic (exact) mass is 303 g/mol. The van der Waals surface area contributed by atoms with Crippen molar-refractivity contribution in [3.63, 3.8) is 0 Å². The molecule has 104 valence electrons. The molecule has 2 aromatic rings. The van der Waals surface area contributed by atoms with Crippen LogP contribution in [0.4, 0.5) is 0 Å². The number of nitrogens with zero attached hydrogens (tertiary/aromatic N) is 1. The first-order chi connectivity index (χ1) is 9.69. The van der Waals surface area contributed by atoms with Gasteiger partial charge in [0.05, 0.1) is 0 Å². The summed E-state index contributed by atoms with van der Waals surface area (Å²) in [7, 11) is 0. The highest BCUT2D eigenvalue weighted by Gasteiger charge is 2.23. The molecule has 0 bridgehead atoms. The van der Waals surface area contributed by atoms with Gasteiger partial charge in [-0.05, 0) is 54.3 Å². The molecule has 0 N–H and O–H groups in total. The van der Waals surface area contributed by atoms with E-state index in [0.29, 0.717) is 0 Å². The lowest BCUT2D eigenvalue weighted by molar-refractivity contribution is 0.0735. The molecule has 20 heavy (non-hydrogen) atoms. The molecule has 1 amide bonds. The SMILES string of the molecule is CSc1ccc(C)c(C(=O)N2CCc3sccc3C2)c1. The van der Waals surface area contributed by atoms with Gasteiger partial charge in [-0.3, -0.25) is 4.79 Å². The highest BCUT2D eigenvalue weighted by Crippen LogP contribution is 2.26. The molecule has 1 aliphatic rings. The number of carbonyl (C=O) groups is 1. The minimum atomic E-state index is 0.162. The molecule has 3 rings (SSSR count). The Hall–Kier alpha value is -1.26. The van der Waals surface area contributed by atoms with Crippen molar-refractivity contribution in [1.82, 2.24) is 4.90 Å². The van der Waals surface area contributed by atoms with Crippen LogP contribution in [0.15, 0.2) is 34.5 Å². The number of thioether (sulfide) groups is 1. The summed E-state index contributed by atoms with van der Waals surface area (Å²) in [5, 5.41) is 2.12. The maximum absolute atomic E-state index is 12.7. The Balaban J connectivity index is 1.87. The van der Waals surface area contributed by atoms with Crippen LogP contribution in [0.25, 0.3) is 0 Å². The van der Waals surface area contributed by atoms with Crippen molar-refractivity contribution < 1.29 is 4.79 Å². The molecule has 0 saturated heterocycles. The molecular weight excluding hydrogens is 286 g/mol. The zero-order chi connectivity index (χ0) is 14.1. The van der Waals surface area contributed by atoms with Crippen LogP contribution in [0, 0.1) is 6.92 Å². The van der Waals surface area contributed by atoms with E-state index in [4.69, 9.17) is 0 Å². The number of aryl methyl sites for hydroxylation is 1. The van der Waals surface area contributed by atoms with Gasteiger partial charge in [-0.15, -0.1) is 23.1 Å². The molecule has 2 heterocycles. The largest absolute Gasteiger partial charge is 0.334 e. The highest BCUT2D eigenvalue weighted by molar-refractivity contribution is 7.98. The van der Waals surface area contributed by atoms with Gasteiger partial charge in [0.2, 0.25) is 0 Å². The predicted octanol–water partition coefficient (Wildman–Crippen LogP) is 3.98. The average molecular weight is 303 g/mol. The molecule has 0 spiro atoms. The van der Waals surface area contributed by atoms with Crippen molar-refractivity contribution in [3.05, 3.63) is 51.2 Å². The third-order valence-corrected chi connectivity index (χ3v) is 5.52. The number of benzene rings is 1. The molecule has 0 fully saturated rings. The van der Waals surface area contributed by atoms with Gasteiger partial charge < -0.3 is 4.90 Å². The van der Waals surface area contributed by atoms with Crippen LogP contribution in [-0.4, -0.2) is 23.6 Å². The number of hydrogen-bond donors (Lipinski definition) is 0. The van der Waals surface area contributed by atoms with Crippen LogP contribution < -0.4 is 0 Å². The van der Waals surface area contributed by atoms with E-state index in [0.717, 1.165) is 35.5 Å². The smallest absolute Gasteiger partial charge is 0.254 e. The summed E-state index contributed by atoms with van der Waals surface area (Å²) >= 11 is 3.48. The zero-order valence-corrected chi connectivity index (χ0v) is 13.3. The van der Waals surface area contributed by atoms with Crippen molar-refractivity contribution in [2.24, 2.45) is 0 Å². The Morgan fingerprint density at radius 3 is 3.00 bits per heavy atom. The second-order valence-corrected chi connectivity index (χ2v) is 6.91. The standard InChI is InChI=1S/C16H17NOS2/c1-11-3-4-13(19-2)9-14(11)16(18)17-7-5-15-12(10-17)6-8-20-15/h3-4,6,8-9H,5,7,10H2,1-2H3. The van der Waals surface area contributed by atoms with E-state index in [1.54, 1.807) is 23.1 Å². The van der Waals surface area contributed by atoms with Gasteiger partial charge in [0.25, 0.3) is 5.91 Å². The van der Waals surface area contributed by atoms with Gasteiger partial charge in [0.15, 0.2) is 0 Å². The molecule has 4 heteroatoms. The molecule has 0 saturated carbocycles. The fraction of sp³-hybridized carbons (Fsp3) is 0.312. The summed E-state index contributed by atoms with van der Waals surface area (Å²) in [5.74, 6) is 0.162. The van der Waals surface area contributed by atoms with Gasteiger partial charge in [0.1, 0.15) is 0 Å². The number of thiophene rings is 1. The fourth-order valence-electron chi connectivity index (χ4n) is 2.55. The van der Waals surface area contributed by atoms with Crippen LogP contribution in [0.2, 0.25) is 0 Å². The van der Waals surface area contributed by atoms with Gasteiger partial charge in [-0.1, -0.05) is 6.07 Å². The van der Waals surface area contributed by atoms with Crippen LogP contribution in [0.1, 0.15) is 26.4 Å². The fourth-order valence-corrected chi connectivity index (χ4v) is 3.88. The minimum absolute atomic E-state index is 0.162. The van der Waals surface area contributed by atoms with Crippen molar-refractivity contribution in [1.29, 1.82) is 0 Å². The minimum Gasteiger partial charge on any atom is -0.334 e. The molecule has 0 aliphatic carbocycles. The Morgan fingerprint density at radius 1 is 1.35 bits per heavy atom. The second kappa shape index (κ2) is 5.62. The number of carbonyl (C=O) groups excluding carboxylic acids is 1. The van der Waals surface area contributed by atoms with Crippen LogP contribution >= 0.6 is 23.1 Å². The van der Waals surface area contributed by atoms with Crippen LogP contribution in [-0.2, 0) is 13.0 Å². The van der Waals surface area contributed by atoms with E-state index < -0.39 is 0 Å². The molecule has 0 unspecified atom stereocenters. The highest BCUT2D eigenvalue weighted by atomic mass is 32.2. The molecular formula is C16H17NOS2. The van der Waals surface area contributed by atoms with Crippen molar-refractivity contribution >= 4 is 29.0 Å². The van der Waals surface area contributed by atoms with Gasteiger partial charge in [0, 0.05) is 28.4 Å². The molecule has 1 aliphatic heterocycles. The molecule has 1 aromatic heterocycles. The van der Waals surface area contributed by atoms with Crippen molar-refractivity contribution in [2.45, 2.75) is 24.8 Å². The Kier molecular flexibility index (Phi) is 3.85. The maximum atomic E-state index is 12.7. The van der Waals surface area contributed by atoms with E-state index in [9.17, 15) is 4.79 Å². The van der Waals surface area contributed by atoms with Crippen molar-refractivity contribution in [2.75, 3.05) is 12.8 Å². The normalized spacial score (nSPS) is 14.2. The van der Waals surface area contributed by atoms with E-state index in [2.05, 4.69) is 17.5 Å². The maximum Gasteiger partial charge on any atom is 0.254 e. The number of fused-ring (bicyclic) bond motifs is 1. The van der Waals surface area contributed by atoms with Gasteiger partial charge >= 0.3 is 0 Å². The first-order valence-electron chi connectivity index (χ1n) is 6.68. The van der Waals surface area contributed by atoms with E-state index in [1.165, 1.54) is 10.4 Å². The van der Waals surface area contributed by atoms with Gasteiger partial charge in [-0.2, -0.15) is 0 Å². The quantitative estimate of drug-likeness (QED) is 0.782. The molecule has 2 nitrogen and oxygen atoms in total. The number of hydrogen-bond acceptors (Lipinski definition) is 3.